The van der Waals surface area contributed by atoms with Crippen molar-refractivity contribution in [3.05, 3.63) is 11.6 Å². The molecular weight excluding hydrogens is 218 g/mol. The molecule has 1 rings (SSSR count). The van der Waals surface area contributed by atoms with E-state index >= 15 is 0 Å². The molecule has 3 N–H and O–H groups in total. The summed E-state index contributed by atoms with van der Waals surface area (Å²) in [6.07, 6.45) is 2.12. The molecule has 0 aromatic rings. The van der Waals surface area contributed by atoms with E-state index < -0.39 is 6.03 Å². The maximum atomic E-state index is 11.9. The van der Waals surface area contributed by atoms with Crippen LogP contribution < -0.4 is 16.2 Å². The summed E-state index contributed by atoms with van der Waals surface area (Å²) in [5, 5.41) is 2.37. The lowest BCUT2D eigenvalue weighted by molar-refractivity contribution is -0.123. The van der Waals surface area contributed by atoms with E-state index in [1.165, 1.54) is 12.6 Å². The molecule has 3 amide bonds. The Hall–Kier alpha value is -1.52. The Kier molecular flexibility index (Phi) is 3.80. The summed E-state index contributed by atoms with van der Waals surface area (Å²) in [7, 11) is 1.49. The molecule has 2 atom stereocenters. The van der Waals surface area contributed by atoms with Crippen LogP contribution in [0.25, 0.3) is 0 Å². The highest BCUT2D eigenvalue weighted by molar-refractivity contribution is 5.86. The smallest absolute Gasteiger partial charge is 0.333 e. The van der Waals surface area contributed by atoms with Gasteiger partial charge in [0.25, 0.3) is 0 Å². The van der Waals surface area contributed by atoms with Crippen molar-refractivity contribution in [2.75, 3.05) is 7.05 Å². The number of allylic oxidation sites excluding steroid dienone is 2. The maximum absolute atomic E-state index is 11.9. The Morgan fingerprint density at radius 2 is 1.76 bits per heavy atom. The molecule has 0 aromatic carbocycles. The number of rotatable bonds is 2. The average molecular weight is 239 g/mol. The highest BCUT2D eigenvalue weighted by atomic mass is 16.2. The number of carbonyl (C=O) groups is 2. The second-order valence-electron chi connectivity index (χ2n) is 5.26. The minimum Gasteiger partial charge on any atom is -0.340 e. The van der Waals surface area contributed by atoms with Crippen LogP contribution in [0.5, 0.6) is 0 Å². The first-order valence-corrected chi connectivity index (χ1v) is 5.73. The predicted octanol–water partition coefficient (Wildman–Crippen LogP) is 1.18. The fourth-order valence-corrected chi connectivity index (χ4v) is 2.11. The molecule has 0 aliphatic heterocycles. The van der Waals surface area contributed by atoms with Crippen LogP contribution in [-0.4, -0.2) is 19.0 Å². The Balaban J connectivity index is 2.54. The van der Waals surface area contributed by atoms with E-state index in [4.69, 9.17) is 0 Å². The van der Waals surface area contributed by atoms with E-state index in [1.54, 1.807) is 0 Å². The Morgan fingerprint density at radius 3 is 2.24 bits per heavy atom. The lowest BCUT2D eigenvalue weighted by Crippen LogP contribution is -2.46. The Bertz CT molecular complexity index is 357. The van der Waals surface area contributed by atoms with Crippen molar-refractivity contribution < 1.29 is 9.59 Å². The van der Waals surface area contributed by atoms with Crippen LogP contribution in [0.4, 0.5) is 4.79 Å². The predicted molar refractivity (Wildman–Crippen MR) is 65.9 cm³/mol. The molecule has 0 heterocycles. The van der Waals surface area contributed by atoms with E-state index in [9.17, 15) is 9.59 Å². The molecule has 0 radical (unpaired) electrons. The molecule has 1 fully saturated rings. The summed E-state index contributed by atoms with van der Waals surface area (Å²) in [6, 6.07) is -0.421. The van der Waals surface area contributed by atoms with Gasteiger partial charge in [0.2, 0.25) is 5.91 Å². The van der Waals surface area contributed by atoms with Crippen LogP contribution in [0.2, 0.25) is 0 Å². The van der Waals surface area contributed by atoms with Gasteiger partial charge < -0.3 is 5.32 Å². The topological polar surface area (TPSA) is 70.2 Å². The van der Waals surface area contributed by atoms with E-state index in [2.05, 4.69) is 36.1 Å². The summed E-state index contributed by atoms with van der Waals surface area (Å²) in [5.41, 5.74) is 5.89. The molecule has 0 spiro atoms. The summed E-state index contributed by atoms with van der Waals surface area (Å²) < 4.78 is 0. The molecule has 17 heavy (non-hydrogen) atoms. The molecule has 5 nitrogen and oxygen atoms in total. The van der Waals surface area contributed by atoms with Crippen molar-refractivity contribution in [2.24, 2.45) is 17.3 Å². The first-order valence-electron chi connectivity index (χ1n) is 5.73. The average Bonchev–Trinajstić information content (AvgIpc) is 2.75. The molecule has 1 saturated carbocycles. The van der Waals surface area contributed by atoms with Gasteiger partial charge in [0.15, 0.2) is 0 Å². The summed E-state index contributed by atoms with van der Waals surface area (Å²) >= 11 is 0. The van der Waals surface area contributed by atoms with Gasteiger partial charge in [-0.25, -0.2) is 10.2 Å². The van der Waals surface area contributed by atoms with Crippen molar-refractivity contribution >= 4 is 11.9 Å². The standard InChI is InChI=1S/C12H21N3O2/c1-7(2)6-8-9(12(8,3)4)10(16)14-15-11(17)13-5/h6,8-9H,1-5H3,(H,14,16)(H2,13,15,17). The first-order chi connectivity index (χ1) is 7.80. The second kappa shape index (κ2) is 4.77. The van der Waals surface area contributed by atoms with Crippen LogP contribution in [0.1, 0.15) is 27.7 Å². The minimum atomic E-state index is -0.421. The lowest BCUT2D eigenvalue weighted by atomic mass is 10.1. The number of urea groups is 1. The molecule has 5 heteroatoms. The third-order valence-electron chi connectivity index (χ3n) is 3.23. The van der Waals surface area contributed by atoms with Gasteiger partial charge >= 0.3 is 6.03 Å². The van der Waals surface area contributed by atoms with Gasteiger partial charge in [0.1, 0.15) is 0 Å². The molecule has 2 unspecified atom stereocenters. The molecule has 0 aromatic heterocycles. The zero-order valence-electron chi connectivity index (χ0n) is 11.0. The fourth-order valence-electron chi connectivity index (χ4n) is 2.11. The lowest BCUT2D eigenvalue weighted by Gasteiger charge is -2.06. The van der Waals surface area contributed by atoms with Gasteiger partial charge in [-0.05, 0) is 25.2 Å². The van der Waals surface area contributed by atoms with Gasteiger partial charge in [0.05, 0.1) is 5.92 Å². The van der Waals surface area contributed by atoms with Crippen LogP contribution in [-0.2, 0) is 4.79 Å². The minimum absolute atomic E-state index is 0.0360. The van der Waals surface area contributed by atoms with E-state index in [1.807, 2.05) is 13.8 Å². The summed E-state index contributed by atoms with van der Waals surface area (Å²) in [5.74, 6) is 0.0367. The van der Waals surface area contributed by atoms with Gasteiger partial charge in [-0.2, -0.15) is 0 Å². The van der Waals surface area contributed by atoms with Crippen LogP contribution >= 0.6 is 0 Å². The third kappa shape index (κ3) is 2.99. The molecule has 0 saturated heterocycles. The number of carbonyl (C=O) groups excluding carboxylic acids is 2. The SMILES string of the molecule is CNC(=O)NNC(=O)C1C(C=C(C)C)C1(C)C. The third-order valence-corrected chi connectivity index (χ3v) is 3.23. The van der Waals surface area contributed by atoms with Crippen molar-refractivity contribution in [3.8, 4) is 0 Å². The first kappa shape index (κ1) is 13.5. The Labute approximate surface area is 102 Å². The number of hydrazine groups is 1. The summed E-state index contributed by atoms with van der Waals surface area (Å²) in [4.78, 5) is 22.8. The van der Waals surface area contributed by atoms with Gasteiger partial charge in [0, 0.05) is 7.05 Å². The molecule has 0 bridgehead atoms. The van der Waals surface area contributed by atoms with Crippen molar-refractivity contribution in [1.29, 1.82) is 0 Å². The van der Waals surface area contributed by atoms with Crippen molar-refractivity contribution in [2.45, 2.75) is 27.7 Å². The largest absolute Gasteiger partial charge is 0.340 e. The molecule has 1 aliphatic carbocycles. The highest BCUT2D eigenvalue weighted by Crippen LogP contribution is 2.59. The van der Waals surface area contributed by atoms with Gasteiger partial charge in [-0.3, -0.25) is 10.2 Å². The summed E-state index contributed by atoms with van der Waals surface area (Å²) in [6.45, 7) is 8.15. The Morgan fingerprint density at radius 1 is 1.18 bits per heavy atom. The van der Waals surface area contributed by atoms with E-state index in [0.717, 1.165) is 0 Å². The normalized spacial score (nSPS) is 24.5. The monoisotopic (exact) mass is 239 g/mol. The zero-order chi connectivity index (χ0) is 13.2. The molecular formula is C12H21N3O2. The maximum Gasteiger partial charge on any atom is 0.333 e. The van der Waals surface area contributed by atoms with E-state index in [0.29, 0.717) is 0 Å². The fraction of sp³-hybridized carbons (Fsp3) is 0.667. The van der Waals surface area contributed by atoms with Crippen LogP contribution in [0.15, 0.2) is 11.6 Å². The van der Waals surface area contributed by atoms with E-state index in [-0.39, 0.29) is 23.2 Å². The number of hydrogen-bond donors (Lipinski definition) is 3. The van der Waals surface area contributed by atoms with Crippen molar-refractivity contribution in [1.82, 2.24) is 16.2 Å². The van der Waals surface area contributed by atoms with Gasteiger partial charge in [-0.15, -0.1) is 0 Å². The zero-order valence-corrected chi connectivity index (χ0v) is 11.0. The van der Waals surface area contributed by atoms with Gasteiger partial charge in [-0.1, -0.05) is 25.5 Å². The van der Waals surface area contributed by atoms with Crippen LogP contribution in [0, 0.1) is 17.3 Å². The van der Waals surface area contributed by atoms with Crippen LogP contribution in [0.3, 0.4) is 0 Å². The number of nitrogens with one attached hydrogen (secondary N) is 3. The number of hydrogen-bond acceptors (Lipinski definition) is 2. The second-order valence-corrected chi connectivity index (χ2v) is 5.26. The molecule has 96 valence electrons. The van der Waals surface area contributed by atoms with Crippen molar-refractivity contribution in [3.63, 3.8) is 0 Å². The molecule has 1 aliphatic rings. The quantitative estimate of drug-likeness (QED) is 0.500. The highest BCUT2D eigenvalue weighted by Gasteiger charge is 2.60. The number of amides is 3.